The van der Waals surface area contributed by atoms with Gasteiger partial charge in [-0.2, -0.15) is 4.98 Å². The Morgan fingerprint density at radius 3 is 2.68 bits per heavy atom. The van der Waals surface area contributed by atoms with Gasteiger partial charge in [0.1, 0.15) is 0 Å². The zero-order valence-corrected chi connectivity index (χ0v) is 11.7. The van der Waals surface area contributed by atoms with Crippen LogP contribution in [0.3, 0.4) is 0 Å². The van der Waals surface area contributed by atoms with Crippen molar-refractivity contribution in [2.45, 2.75) is 24.8 Å². The lowest BCUT2D eigenvalue weighted by molar-refractivity contribution is 0.867. The first-order valence-electron chi connectivity index (χ1n) is 6.10. The highest BCUT2D eigenvalue weighted by molar-refractivity contribution is 7.98. The van der Waals surface area contributed by atoms with E-state index in [1.807, 2.05) is 38.2 Å². The van der Waals surface area contributed by atoms with Gasteiger partial charge in [-0.3, -0.25) is 0 Å². The van der Waals surface area contributed by atoms with Gasteiger partial charge in [0, 0.05) is 17.6 Å². The molecule has 0 atom stereocenters. The minimum atomic E-state index is 0.665. The summed E-state index contributed by atoms with van der Waals surface area (Å²) in [4.78, 5) is 8.86. The molecule has 3 aromatic rings. The van der Waals surface area contributed by atoms with Crippen LogP contribution in [-0.4, -0.2) is 19.6 Å². The van der Waals surface area contributed by atoms with Crippen LogP contribution in [0.5, 0.6) is 0 Å². The van der Waals surface area contributed by atoms with Crippen molar-refractivity contribution in [1.82, 2.24) is 19.6 Å². The second kappa shape index (κ2) is 5.01. The highest BCUT2D eigenvalue weighted by Gasteiger charge is 2.07. The lowest BCUT2D eigenvalue weighted by Crippen LogP contribution is -1.95. The van der Waals surface area contributed by atoms with Gasteiger partial charge in [0.05, 0.1) is 0 Å². The fraction of sp³-hybridized carbons (Fsp3) is 0.214. The number of aryl methyl sites for hydroxylation is 2. The van der Waals surface area contributed by atoms with E-state index in [4.69, 9.17) is 0 Å². The molecule has 0 bridgehead atoms. The molecule has 0 aliphatic heterocycles. The quantitative estimate of drug-likeness (QED) is 0.686. The standard InChI is InChI=1S/C14H14N4S/c1-10-8-18-13(15-11(10)2)16-14(17-18)19-9-12-6-4-3-5-7-12/h3-8H,9H2,1-2H3. The molecule has 1 aromatic carbocycles. The van der Waals surface area contributed by atoms with E-state index in [-0.39, 0.29) is 0 Å². The van der Waals surface area contributed by atoms with Crippen LogP contribution < -0.4 is 0 Å². The summed E-state index contributed by atoms with van der Waals surface area (Å²) in [7, 11) is 0. The highest BCUT2D eigenvalue weighted by atomic mass is 32.2. The molecule has 0 unspecified atom stereocenters. The Bertz CT molecular complexity index is 667. The van der Waals surface area contributed by atoms with E-state index in [1.165, 1.54) is 5.56 Å². The van der Waals surface area contributed by atoms with Crippen molar-refractivity contribution in [2.75, 3.05) is 0 Å². The first-order chi connectivity index (χ1) is 9.22. The predicted molar refractivity (Wildman–Crippen MR) is 76.3 cm³/mol. The molecule has 0 amide bonds. The molecule has 0 saturated carbocycles. The Morgan fingerprint density at radius 1 is 1.11 bits per heavy atom. The van der Waals surface area contributed by atoms with Crippen LogP contribution >= 0.6 is 11.8 Å². The molecule has 2 heterocycles. The van der Waals surface area contributed by atoms with Gasteiger partial charge >= 0.3 is 0 Å². The van der Waals surface area contributed by atoms with E-state index in [0.29, 0.717) is 5.78 Å². The minimum Gasteiger partial charge on any atom is -0.216 e. The molecule has 19 heavy (non-hydrogen) atoms. The van der Waals surface area contributed by atoms with E-state index in [9.17, 15) is 0 Å². The molecule has 0 saturated heterocycles. The largest absolute Gasteiger partial charge is 0.253 e. The average Bonchev–Trinajstić information content (AvgIpc) is 2.80. The topological polar surface area (TPSA) is 43.1 Å². The van der Waals surface area contributed by atoms with E-state index >= 15 is 0 Å². The molecule has 4 nitrogen and oxygen atoms in total. The van der Waals surface area contributed by atoms with Crippen LogP contribution in [0.25, 0.3) is 5.78 Å². The Kier molecular flexibility index (Phi) is 3.21. The normalized spacial score (nSPS) is 11.1. The van der Waals surface area contributed by atoms with Gasteiger partial charge < -0.3 is 0 Å². The number of nitrogens with zero attached hydrogens (tertiary/aromatic N) is 4. The summed E-state index contributed by atoms with van der Waals surface area (Å²) in [5.41, 5.74) is 3.39. The third kappa shape index (κ3) is 2.61. The molecular weight excluding hydrogens is 256 g/mol. The summed E-state index contributed by atoms with van der Waals surface area (Å²) in [6.45, 7) is 4.01. The molecule has 0 aliphatic carbocycles. The number of thioether (sulfide) groups is 1. The maximum Gasteiger partial charge on any atom is 0.253 e. The molecule has 0 aliphatic rings. The van der Waals surface area contributed by atoms with Gasteiger partial charge in [0.15, 0.2) is 0 Å². The summed E-state index contributed by atoms with van der Waals surface area (Å²) in [6, 6.07) is 10.3. The number of benzene rings is 1. The maximum atomic E-state index is 4.44. The first kappa shape index (κ1) is 12.2. The van der Waals surface area contributed by atoms with Gasteiger partial charge in [0.25, 0.3) is 5.78 Å². The molecular formula is C14H14N4S. The van der Waals surface area contributed by atoms with Crippen LogP contribution in [0, 0.1) is 13.8 Å². The lowest BCUT2D eigenvalue weighted by Gasteiger charge is -1.97. The maximum absolute atomic E-state index is 4.44. The van der Waals surface area contributed by atoms with Crippen LogP contribution in [0.1, 0.15) is 16.8 Å². The Balaban J connectivity index is 1.82. The van der Waals surface area contributed by atoms with Crippen molar-refractivity contribution < 1.29 is 0 Å². The van der Waals surface area contributed by atoms with Crippen LogP contribution in [-0.2, 0) is 5.75 Å². The molecule has 5 heteroatoms. The van der Waals surface area contributed by atoms with Crippen molar-refractivity contribution in [3.05, 3.63) is 53.3 Å². The molecule has 3 rings (SSSR count). The monoisotopic (exact) mass is 270 g/mol. The van der Waals surface area contributed by atoms with E-state index in [0.717, 1.165) is 22.2 Å². The molecule has 0 fully saturated rings. The second-order valence-electron chi connectivity index (χ2n) is 4.42. The van der Waals surface area contributed by atoms with Gasteiger partial charge in [-0.15, -0.1) is 5.10 Å². The first-order valence-corrected chi connectivity index (χ1v) is 7.08. The number of aromatic nitrogens is 4. The second-order valence-corrected chi connectivity index (χ2v) is 5.37. The van der Waals surface area contributed by atoms with Gasteiger partial charge in [-0.25, -0.2) is 9.50 Å². The van der Waals surface area contributed by atoms with Crippen molar-refractivity contribution >= 4 is 17.5 Å². The van der Waals surface area contributed by atoms with Gasteiger partial charge in [-0.05, 0) is 25.0 Å². The third-order valence-electron chi connectivity index (χ3n) is 2.96. The SMILES string of the molecule is Cc1cn2nc(SCc3ccccc3)nc2nc1C. The summed E-state index contributed by atoms with van der Waals surface area (Å²) >= 11 is 1.63. The zero-order valence-electron chi connectivity index (χ0n) is 10.9. The van der Waals surface area contributed by atoms with E-state index in [1.54, 1.807) is 16.3 Å². The molecule has 0 spiro atoms. The Morgan fingerprint density at radius 2 is 1.89 bits per heavy atom. The smallest absolute Gasteiger partial charge is 0.216 e. The number of hydrogen-bond donors (Lipinski definition) is 0. The fourth-order valence-electron chi connectivity index (χ4n) is 1.76. The third-order valence-corrected chi connectivity index (χ3v) is 3.87. The van der Waals surface area contributed by atoms with Crippen LogP contribution in [0.15, 0.2) is 41.7 Å². The average molecular weight is 270 g/mol. The molecule has 0 radical (unpaired) electrons. The van der Waals surface area contributed by atoms with Crippen molar-refractivity contribution in [3.8, 4) is 0 Å². The number of rotatable bonds is 3. The zero-order chi connectivity index (χ0) is 13.2. The molecule has 2 aromatic heterocycles. The van der Waals surface area contributed by atoms with E-state index in [2.05, 4.69) is 27.2 Å². The van der Waals surface area contributed by atoms with Gasteiger partial charge in [0.2, 0.25) is 5.16 Å². The van der Waals surface area contributed by atoms with Gasteiger partial charge in [-0.1, -0.05) is 42.1 Å². The lowest BCUT2D eigenvalue weighted by atomic mass is 10.2. The summed E-state index contributed by atoms with van der Waals surface area (Å²) in [6.07, 6.45) is 1.97. The highest BCUT2D eigenvalue weighted by Crippen LogP contribution is 2.19. The van der Waals surface area contributed by atoms with Crippen molar-refractivity contribution in [2.24, 2.45) is 0 Å². The predicted octanol–water partition coefficient (Wildman–Crippen LogP) is 3.03. The van der Waals surface area contributed by atoms with Crippen molar-refractivity contribution in [1.29, 1.82) is 0 Å². The fourth-order valence-corrected chi connectivity index (χ4v) is 2.54. The molecule has 0 N–H and O–H groups in total. The Hall–Kier alpha value is -1.88. The van der Waals surface area contributed by atoms with Crippen LogP contribution in [0.2, 0.25) is 0 Å². The van der Waals surface area contributed by atoms with Crippen LogP contribution in [0.4, 0.5) is 0 Å². The number of fused-ring (bicyclic) bond motifs is 1. The Labute approximate surface area is 115 Å². The van der Waals surface area contributed by atoms with Crippen molar-refractivity contribution in [3.63, 3.8) is 0 Å². The minimum absolute atomic E-state index is 0.665. The summed E-state index contributed by atoms with van der Waals surface area (Å²) < 4.78 is 1.75. The summed E-state index contributed by atoms with van der Waals surface area (Å²) in [5.74, 6) is 1.54. The number of hydrogen-bond acceptors (Lipinski definition) is 4. The molecule has 96 valence electrons. The van der Waals surface area contributed by atoms with E-state index < -0.39 is 0 Å². The summed E-state index contributed by atoms with van der Waals surface area (Å²) in [5, 5.41) is 5.20.